The molecule has 126 valence electrons. The molecule has 0 N–H and O–H groups in total. The molecule has 23 heavy (non-hydrogen) atoms. The number of aryl methyl sites for hydroxylation is 1. The third-order valence-corrected chi connectivity index (χ3v) is 4.03. The Morgan fingerprint density at radius 3 is 2.70 bits per heavy atom. The molecule has 8 nitrogen and oxygen atoms in total. The van der Waals surface area contributed by atoms with Crippen LogP contribution < -0.4 is 4.74 Å². The molecule has 0 radical (unpaired) electrons. The van der Waals surface area contributed by atoms with Crippen LogP contribution in [0.15, 0.2) is 11.4 Å². The highest BCUT2D eigenvalue weighted by Gasteiger charge is 2.19. The van der Waals surface area contributed by atoms with Gasteiger partial charge in [0.2, 0.25) is 5.88 Å². The number of hydrogen-bond donors (Lipinski definition) is 0. The molecule has 0 saturated carbocycles. The molecule has 0 aliphatic carbocycles. The van der Waals surface area contributed by atoms with E-state index >= 15 is 0 Å². The standard InChI is InChI=1S/C14H21N5O3S/c1-5-19-8-10(13(17-19)22-7-3)12-15-16-14(18(12)4)23-9-11(20)21-6-2/h8H,5-7,9H2,1-4H3. The summed E-state index contributed by atoms with van der Waals surface area (Å²) in [5, 5.41) is 13.4. The van der Waals surface area contributed by atoms with E-state index in [-0.39, 0.29) is 11.7 Å². The molecule has 2 rings (SSSR count). The molecule has 0 aliphatic heterocycles. The van der Waals surface area contributed by atoms with Crippen LogP contribution in [-0.4, -0.2) is 49.5 Å². The van der Waals surface area contributed by atoms with Crippen molar-refractivity contribution in [3.8, 4) is 17.3 Å². The van der Waals surface area contributed by atoms with E-state index in [0.717, 1.165) is 12.1 Å². The average molecular weight is 339 g/mol. The zero-order valence-corrected chi connectivity index (χ0v) is 14.6. The van der Waals surface area contributed by atoms with Gasteiger partial charge >= 0.3 is 5.97 Å². The molecule has 0 spiro atoms. The van der Waals surface area contributed by atoms with Crippen LogP contribution in [0.3, 0.4) is 0 Å². The van der Waals surface area contributed by atoms with Crippen LogP contribution in [0.1, 0.15) is 20.8 Å². The number of ether oxygens (including phenoxy) is 2. The Kier molecular flexibility index (Phi) is 6.03. The zero-order chi connectivity index (χ0) is 16.8. The first-order valence-corrected chi connectivity index (χ1v) is 8.47. The summed E-state index contributed by atoms with van der Waals surface area (Å²) in [7, 11) is 1.85. The van der Waals surface area contributed by atoms with Crippen molar-refractivity contribution in [1.29, 1.82) is 0 Å². The maximum Gasteiger partial charge on any atom is 0.316 e. The van der Waals surface area contributed by atoms with Gasteiger partial charge in [0.1, 0.15) is 5.56 Å². The molecular weight excluding hydrogens is 318 g/mol. The van der Waals surface area contributed by atoms with E-state index in [1.54, 1.807) is 11.6 Å². The molecule has 0 atom stereocenters. The third-order valence-electron chi connectivity index (χ3n) is 3.03. The summed E-state index contributed by atoms with van der Waals surface area (Å²) < 4.78 is 14.1. The second-order valence-electron chi connectivity index (χ2n) is 4.60. The van der Waals surface area contributed by atoms with Gasteiger partial charge in [-0.05, 0) is 20.8 Å². The Morgan fingerprint density at radius 2 is 2.04 bits per heavy atom. The molecule has 0 amide bonds. The predicted molar refractivity (Wildman–Crippen MR) is 86.4 cm³/mol. The molecule has 2 aromatic heterocycles. The lowest BCUT2D eigenvalue weighted by Crippen LogP contribution is -2.07. The molecule has 9 heteroatoms. The van der Waals surface area contributed by atoms with Crippen molar-refractivity contribution in [1.82, 2.24) is 24.5 Å². The van der Waals surface area contributed by atoms with Gasteiger partial charge < -0.3 is 14.0 Å². The van der Waals surface area contributed by atoms with Gasteiger partial charge in [-0.1, -0.05) is 11.8 Å². The Bertz CT molecular complexity index is 667. The summed E-state index contributed by atoms with van der Waals surface area (Å²) in [4.78, 5) is 11.5. The minimum absolute atomic E-state index is 0.201. The quantitative estimate of drug-likeness (QED) is 0.535. The smallest absolute Gasteiger partial charge is 0.316 e. The first kappa shape index (κ1) is 17.3. The van der Waals surface area contributed by atoms with Crippen molar-refractivity contribution in [2.75, 3.05) is 19.0 Å². The van der Waals surface area contributed by atoms with Crippen molar-refractivity contribution in [2.24, 2.45) is 7.05 Å². The highest BCUT2D eigenvalue weighted by atomic mass is 32.2. The van der Waals surface area contributed by atoms with Crippen LogP contribution in [0.5, 0.6) is 5.88 Å². The monoisotopic (exact) mass is 339 g/mol. The second-order valence-corrected chi connectivity index (χ2v) is 5.54. The van der Waals surface area contributed by atoms with E-state index < -0.39 is 0 Å². The number of esters is 1. The van der Waals surface area contributed by atoms with Crippen LogP contribution in [0.4, 0.5) is 0 Å². The van der Waals surface area contributed by atoms with Gasteiger partial charge in [0, 0.05) is 19.8 Å². The van der Waals surface area contributed by atoms with Gasteiger partial charge in [-0.25, -0.2) is 0 Å². The first-order chi connectivity index (χ1) is 11.1. The maximum atomic E-state index is 11.5. The Hall–Kier alpha value is -2.03. The van der Waals surface area contributed by atoms with E-state index in [2.05, 4.69) is 15.3 Å². The number of carbonyl (C=O) groups excluding carboxylic acids is 1. The van der Waals surface area contributed by atoms with Crippen molar-refractivity contribution in [3.63, 3.8) is 0 Å². The topological polar surface area (TPSA) is 84.1 Å². The number of thioether (sulfide) groups is 1. The van der Waals surface area contributed by atoms with Crippen molar-refractivity contribution in [2.45, 2.75) is 32.5 Å². The summed E-state index contributed by atoms with van der Waals surface area (Å²) in [5.41, 5.74) is 0.784. The molecule has 0 fully saturated rings. The summed E-state index contributed by atoms with van der Waals surface area (Å²) in [5.74, 6) is 1.12. The van der Waals surface area contributed by atoms with Gasteiger partial charge in [0.25, 0.3) is 0 Å². The van der Waals surface area contributed by atoms with E-state index in [1.807, 2.05) is 31.7 Å². The highest BCUT2D eigenvalue weighted by Crippen LogP contribution is 2.29. The minimum Gasteiger partial charge on any atom is -0.476 e. The number of carbonyl (C=O) groups is 1. The van der Waals surface area contributed by atoms with Crippen molar-refractivity contribution in [3.05, 3.63) is 6.20 Å². The van der Waals surface area contributed by atoms with Gasteiger partial charge in [0.05, 0.1) is 19.0 Å². The van der Waals surface area contributed by atoms with Crippen LogP contribution in [-0.2, 0) is 23.1 Å². The Labute approximate surface area is 139 Å². The largest absolute Gasteiger partial charge is 0.476 e. The van der Waals surface area contributed by atoms with Gasteiger partial charge in [-0.2, -0.15) is 0 Å². The number of aromatic nitrogens is 5. The Morgan fingerprint density at radius 1 is 1.26 bits per heavy atom. The fourth-order valence-corrected chi connectivity index (χ4v) is 2.67. The van der Waals surface area contributed by atoms with Gasteiger partial charge in [0.15, 0.2) is 11.0 Å². The zero-order valence-electron chi connectivity index (χ0n) is 13.8. The van der Waals surface area contributed by atoms with E-state index in [1.165, 1.54) is 11.8 Å². The third kappa shape index (κ3) is 4.04. The summed E-state index contributed by atoms with van der Waals surface area (Å²) in [6.45, 7) is 7.33. The summed E-state index contributed by atoms with van der Waals surface area (Å²) in [6.07, 6.45) is 1.88. The van der Waals surface area contributed by atoms with Crippen LogP contribution >= 0.6 is 11.8 Å². The lowest BCUT2D eigenvalue weighted by atomic mass is 10.3. The molecule has 0 bridgehead atoms. The number of hydrogen-bond acceptors (Lipinski definition) is 7. The lowest BCUT2D eigenvalue weighted by Gasteiger charge is -2.04. The minimum atomic E-state index is -0.268. The lowest BCUT2D eigenvalue weighted by molar-refractivity contribution is -0.139. The van der Waals surface area contributed by atoms with E-state index in [4.69, 9.17) is 9.47 Å². The fourth-order valence-electron chi connectivity index (χ4n) is 1.96. The molecule has 0 saturated heterocycles. The van der Waals surface area contributed by atoms with Crippen molar-refractivity contribution >= 4 is 17.7 Å². The van der Waals surface area contributed by atoms with Crippen LogP contribution in [0.2, 0.25) is 0 Å². The Balaban J connectivity index is 2.21. The van der Waals surface area contributed by atoms with Gasteiger partial charge in [-0.15, -0.1) is 15.3 Å². The van der Waals surface area contributed by atoms with Crippen LogP contribution in [0.25, 0.3) is 11.4 Å². The fraction of sp³-hybridized carbons (Fsp3) is 0.571. The molecular formula is C14H21N5O3S. The highest BCUT2D eigenvalue weighted by molar-refractivity contribution is 7.99. The molecule has 2 heterocycles. The predicted octanol–water partition coefficient (Wildman–Crippen LogP) is 1.75. The van der Waals surface area contributed by atoms with Gasteiger partial charge in [-0.3, -0.25) is 9.48 Å². The van der Waals surface area contributed by atoms with E-state index in [0.29, 0.717) is 30.1 Å². The van der Waals surface area contributed by atoms with Crippen LogP contribution in [0, 0.1) is 0 Å². The SMILES string of the molecule is CCOC(=O)CSc1nnc(-c2cn(CC)nc2OCC)n1C. The molecule has 0 aliphatic rings. The first-order valence-electron chi connectivity index (χ1n) is 7.49. The normalized spacial score (nSPS) is 10.8. The number of nitrogens with zero attached hydrogens (tertiary/aromatic N) is 5. The summed E-state index contributed by atoms with van der Waals surface area (Å²) >= 11 is 1.29. The maximum absolute atomic E-state index is 11.5. The number of rotatable bonds is 8. The summed E-state index contributed by atoms with van der Waals surface area (Å²) in [6, 6.07) is 0. The second kappa shape index (κ2) is 8.00. The van der Waals surface area contributed by atoms with E-state index in [9.17, 15) is 4.79 Å². The average Bonchev–Trinajstić information content (AvgIpc) is 3.09. The molecule has 2 aromatic rings. The molecule has 0 unspecified atom stereocenters. The van der Waals surface area contributed by atoms with Crippen molar-refractivity contribution < 1.29 is 14.3 Å². The molecule has 0 aromatic carbocycles.